The second-order valence-corrected chi connectivity index (χ2v) is 5.31. The molecule has 4 nitrogen and oxygen atoms in total. The molecule has 3 rings (SSSR count). The van der Waals surface area contributed by atoms with E-state index in [0.29, 0.717) is 17.9 Å². The van der Waals surface area contributed by atoms with Gasteiger partial charge >= 0.3 is 0 Å². The van der Waals surface area contributed by atoms with E-state index in [1.54, 1.807) is 18.5 Å². The molecule has 2 heterocycles. The fraction of sp³-hybridized carbons (Fsp3) is 0.615. The third kappa shape index (κ3) is 1.32. The van der Waals surface area contributed by atoms with Gasteiger partial charge in [-0.05, 0) is 19.9 Å². The zero-order valence-electron chi connectivity index (χ0n) is 10.2. The van der Waals surface area contributed by atoms with Gasteiger partial charge in [0.1, 0.15) is 11.2 Å². The molecule has 4 heteroatoms. The van der Waals surface area contributed by atoms with Gasteiger partial charge in [-0.1, -0.05) is 0 Å². The largest absolute Gasteiger partial charge is 0.300 e. The third-order valence-corrected chi connectivity index (χ3v) is 4.26. The van der Waals surface area contributed by atoms with E-state index >= 15 is 0 Å². The maximum absolute atomic E-state index is 9.49. The highest BCUT2D eigenvalue weighted by molar-refractivity contribution is 5.39. The van der Waals surface area contributed by atoms with Crippen LogP contribution >= 0.6 is 0 Å². The van der Waals surface area contributed by atoms with Crippen LogP contribution in [0.25, 0.3) is 0 Å². The first-order valence-electron chi connectivity index (χ1n) is 6.13. The minimum Gasteiger partial charge on any atom is -0.300 e. The summed E-state index contributed by atoms with van der Waals surface area (Å²) in [7, 11) is 0. The number of likely N-dealkylation sites (tertiary alicyclic amines) is 1. The van der Waals surface area contributed by atoms with Gasteiger partial charge in [0.25, 0.3) is 0 Å². The predicted octanol–water partition coefficient (Wildman–Crippen LogP) is 1.21. The van der Waals surface area contributed by atoms with Gasteiger partial charge in [0, 0.05) is 43.4 Å². The van der Waals surface area contributed by atoms with Gasteiger partial charge in [0.05, 0.1) is 6.07 Å². The number of nitrogens with zero attached hydrogens (tertiary/aromatic N) is 4. The van der Waals surface area contributed by atoms with Crippen molar-refractivity contribution < 1.29 is 0 Å². The van der Waals surface area contributed by atoms with E-state index in [9.17, 15) is 5.26 Å². The molecule has 2 aliphatic rings. The maximum Gasteiger partial charge on any atom is 0.149 e. The Hall–Kier alpha value is -1.47. The molecule has 1 aromatic rings. The molecule has 0 spiro atoms. The number of rotatable bonds is 2. The zero-order valence-corrected chi connectivity index (χ0v) is 10.2. The Morgan fingerprint density at radius 2 is 1.94 bits per heavy atom. The van der Waals surface area contributed by atoms with Crippen molar-refractivity contribution in [1.82, 2.24) is 14.9 Å². The second kappa shape index (κ2) is 3.51. The van der Waals surface area contributed by atoms with Gasteiger partial charge < -0.3 is 4.90 Å². The highest BCUT2D eigenvalue weighted by atomic mass is 15.2. The van der Waals surface area contributed by atoms with Crippen molar-refractivity contribution in [2.24, 2.45) is 11.8 Å². The van der Waals surface area contributed by atoms with Crippen LogP contribution in [0.15, 0.2) is 18.5 Å². The number of piperidine rings is 1. The van der Waals surface area contributed by atoms with Gasteiger partial charge in [-0.25, -0.2) is 9.97 Å². The summed E-state index contributed by atoms with van der Waals surface area (Å²) in [6.45, 7) is 6.43. The van der Waals surface area contributed by atoms with E-state index in [1.807, 2.05) is 0 Å². The lowest BCUT2D eigenvalue weighted by molar-refractivity contribution is 0.232. The monoisotopic (exact) mass is 228 g/mol. The molecule has 2 atom stereocenters. The summed E-state index contributed by atoms with van der Waals surface area (Å²) in [4.78, 5) is 11.0. The third-order valence-electron chi connectivity index (χ3n) is 4.26. The first-order chi connectivity index (χ1) is 8.20. The average Bonchev–Trinajstić information content (AvgIpc) is 2.73. The smallest absolute Gasteiger partial charge is 0.149 e. The maximum atomic E-state index is 9.49. The van der Waals surface area contributed by atoms with Crippen molar-refractivity contribution in [3.05, 3.63) is 24.3 Å². The Labute approximate surface area is 101 Å². The van der Waals surface area contributed by atoms with Crippen LogP contribution in [-0.2, 0) is 5.41 Å². The Morgan fingerprint density at radius 3 is 2.41 bits per heavy atom. The molecule has 1 aliphatic carbocycles. The summed E-state index contributed by atoms with van der Waals surface area (Å²) >= 11 is 0. The summed E-state index contributed by atoms with van der Waals surface area (Å²) in [5.74, 6) is 1.58. The molecule has 0 bridgehead atoms. The molecule has 0 N–H and O–H groups in total. The number of nitriles is 1. The lowest BCUT2D eigenvalue weighted by atomic mass is 10.0. The molecule has 1 saturated heterocycles. The van der Waals surface area contributed by atoms with Gasteiger partial charge in [-0.3, -0.25) is 0 Å². The molecule has 0 aromatic carbocycles. The number of hydrogen-bond acceptors (Lipinski definition) is 4. The topological polar surface area (TPSA) is 52.8 Å². The summed E-state index contributed by atoms with van der Waals surface area (Å²) < 4.78 is 0. The normalized spacial score (nSPS) is 35.6. The fourth-order valence-electron chi connectivity index (χ4n) is 3.14. The van der Waals surface area contributed by atoms with Gasteiger partial charge in [-0.15, -0.1) is 0 Å². The van der Waals surface area contributed by atoms with Crippen molar-refractivity contribution in [3.63, 3.8) is 0 Å². The minimum absolute atomic E-state index is 0.396. The van der Waals surface area contributed by atoms with E-state index in [4.69, 9.17) is 0 Å². The number of hydrogen-bond donors (Lipinski definition) is 0. The van der Waals surface area contributed by atoms with Crippen LogP contribution in [0.1, 0.15) is 19.7 Å². The molecule has 1 saturated carbocycles. The Morgan fingerprint density at radius 1 is 1.35 bits per heavy atom. The van der Waals surface area contributed by atoms with Crippen LogP contribution in [-0.4, -0.2) is 34.0 Å². The highest BCUT2D eigenvalue weighted by Crippen LogP contribution is 2.62. The fourth-order valence-corrected chi connectivity index (χ4v) is 3.14. The molecule has 2 unspecified atom stereocenters. The molecule has 17 heavy (non-hydrogen) atoms. The molecule has 0 radical (unpaired) electrons. The standard InChI is InChI=1S/C13H16N4/c1-9(2)17-6-10-11(7-17)13(10,8-14)12-15-4-3-5-16-12/h3-5,9-11H,6-7H2,1-2H3. The molecule has 1 aromatic heterocycles. The summed E-state index contributed by atoms with van der Waals surface area (Å²) in [6.07, 6.45) is 3.46. The lowest BCUT2D eigenvalue weighted by Gasteiger charge is -2.25. The quantitative estimate of drug-likeness (QED) is 0.763. The summed E-state index contributed by atoms with van der Waals surface area (Å²) in [6, 6.07) is 4.84. The van der Waals surface area contributed by atoms with Crippen LogP contribution in [0.4, 0.5) is 0 Å². The van der Waals surface area contributed by atoms with Crippen molar-refractivity contribution in [2.45, 2.75) is 25.3 Å². The summed E-state index contributed by atoms with van der Waals surface area (Å²) in [5.41, 5.74) is -0.396. The van der Waals surface area contributed by atoms with E-state index in [-0.39, 0.29) is 0 Å². The number of aromatic nitrogens is 2. The predicted molar refractivity (Wildman–Crippen MR) is 63.0 cm³/mol. The lowest BCUT2D eigenvalue weighted by Crippen LogP contribution is -2.35. The molecular formula is C13H16N4. The van der Waals surface area contributed by atoms with Gasteiger partial charge in [0.2, 0.25) is 0 Å². The van der Waals surface area contributed by atoms with Crippen LogP contribution in [0.5, 0.6) is 0 Å². The van der Waals surface area contributed by atoms with Crippen LogP contribution < -0.4 is 0 Å². The molecule has 1 aliphatic heterocycles. The van der Waals surface area contributed by atoms with E-state index < -0.39 is 5.41 Å². The number of fused-ring (bicyclic) bond motifs is 1. The van der Waals surface area contributed by atoms with Crippen molar-refractivity contribution in [3.8, 4) is 6.07 Å². The molecule has 88 valence electrons. The zero-order chi connectivity index (χ0) is 12.0. The van der Waals surface area contributed by atoms with Crippen molar-refractivity contribution >= 4 is 0 Å². The summed E-state index contributed by atoms with van der Waals surface area (Å²) in [5, 5.41) is 9.49. The van der Waals surface area contributed by atoms with Crippen LogP contribution in [0, 0.1) is 23.2 Å². The molecular weight excluding hydrogens is 212 g/mol. The van der Waals surface area contributed by atoms with Crippen molar-refractivity contribution in [2.75, 3.05) is 13.1 Å². The van der Waals surface area contributed by atoms with Crippen LogP contribution in [0.2, 0.25) is 0 Å². The van der Waals surface area contributed by atoms with Gasteiger partial charge in [-0.2, -0.15) is 5.26 Å². The van der Waals surface area contributed by atoms with E-state index in [0.717, 1.165) is 18.9 Å². The Balaban J connectivity index is 1.85. The van der Waals surface area contributed by atoms with Crippen LogP contribution in [0.3, 0.4) is 0 Å². The van der Waals surface area contributed by atoms with Gasteiger partial charge in [0.15, 0.2) is 0 Å². The van der Waals surface area contributed by atoms with E-state index in [1.165, 1.54) is 0 Å². The molecule has 2 fully saturated rings. The molecule has 0 amide bonds. The SMILES string of the molecule is CC(C)N1CC2C(C1)C2(C#N)c1ncccn1. The Kier molecular flexibility index (Phi) is 2.20. The Bertz CT molecular complexity index is 450. The second-order valence-electron chi connectivity index (χ2n) is 5.31. The first kappa shape index (κ1) is 10.7. The first-order valence-corrected chi connectivity index (χ1v) is 6.13. The van der Waals surface area contributed by atoms with Crippen molar-refractivity contribution in [1.29, 1.82) is 5.26 Å². The average molecular weight is 228 g/mol. The highest BCUT2D eigenvalue weighted by Gasteiger charge is 2.71. The minimum atomic E-state index is -0.396. The van der Waals surface area contributed by atoms with E-state index in [2.05, 4.69) is 34.8 Å².